The predicted molar refractivity (Wildman–Crippen MR) is 108 cm³/mol. The highest BCUT2D eigenvalue weighted by Gasteiger charge is 2.39. The summed E-state index contributed by atoms with van der Waals surface area (Å²) in [4.78, 5) is 0. The Balaban J connectivity index is 2.59. The van der Waals surface area contributed by atoms with E-state index in [-0.39, 0.29) is 17.7 Å². The molecule has 0 N–H and O–H groups in total. The number of rotatable bonds is 11. The Morgan fingerprint density at radius 2 is 1.73 bits per heavy atom. The van der Waals surface area contributed by atoms with Crippen LogP contribution in [0.1, 0.15) is 39.2 Å². The summed E-state index contributed by atoms with van der Waals surface area (Å²) in [6, 6.07) is 10.0. The van der Waals surface area contributed by atoms with Crippen molar-refractivity contribution in [1.82, 2.24) is 0 Å². The van der Waals surface area contributed by atoms with E-state index in [4.69, 9.17) is 13.3 Å². The number of hydrogen-bond donors (Lipinski definition) is 0. The maximum atomic E-state index is 11.1. The summed E-state index contributed by atoms with van der Waals surface area (Å²) in [6.07, 6.45) is 2.32. The minimum Gasteiger partial charge on any atom is -0.412 e. The van der Waals surface area contributed by atoms with Crippen molar-refractivity contribution in [2.24, 2.45) is 0 Å². The minimum atomic E-state index is -3.40. The van der Waals surface area contributed by atoms with Crippen molar-refractivity contribution >= 4 is 18.4 Å². The zero-order valence-corrected chi connectivity index (χ0v) is 18.8. The van der Waals surface area contributed by atoms with E-state index >= 15 is 0 Å². The molecule has 1 atom stereocenters. The molecule has 0 aliphatic heterocycles. The summed E-state index contributed by atoms with van der Waals surface area (Å²) < 4.78 is 39.4. The van der Waals surface area contributed by atoms with E-state index in [0.29, 0.717) is 26.1 Å². The predicted octanol–water partition coefficient (Wildman–Crippen LogP) is 4.35. The van der Waals surface area contributed by atoms with Gasteiger partial charge in [0.25, 0.3) is 10.1 Å². The molecular formula is C19H34O5SSi. The van der Waals surface area contributed by atoms with Crippen LogP contribution in [0.15, 0.2) is 30.3 Å². The monoisotopic (exact) mass is 402 g/mol. The number of hydrogen-bond acceptors (Lipinski definition) is 5. The summed E-state index contributed by atoms with van der Waals surface area (Å²) in [5.41, 5.74) is 1.12. The summed E-state index contributed by atoms with van der Waals surface area (Å²) in [5, 5.41) is 0.105. The minimum absolute atomic E-state index is 0.0669. The molecule has 0 aromatic heterocycles. The Morgan fingerprint density at radius 1 is 1.12 bits per heavy atom. The maximum absolute atomic E-state index is 11.1. The van der Waals surface area contributed by atoms with E-state index in [1.807, 2.05) is 30.3 Å². The molecule has 5 nitrogen and oxygen atoms in total. The lowest BCUT2D eigenvalue weighted by Crippen LogP contribution is -2.45. The first-order chi connectivity index (χ1) is 11.9. The molecule has 0 unspecified atom stereocenters. The first-order valence-corrected chi connectivity index (χ1v) is 13.8. The van der Waals surface area contributed by atoms with Gasteiger partial charge >= 0.3 is 0 Å². The fourth-order valence-electron chi connectivity index (χ4n) is 2.17. The highest BCUT2D eigenvalue weighted by molar-refractivity contribution is 7.85. The third-order valence-corrected chi connectivity index (χ3v) is 9.78. The molecule has 0 bridgehead atoms. The third-order valence-electron chi connectivity index (χ3n) is 4.65. The molecule has 150 valence electrons. The van der Waals surface area contributed by atoms with E-state index in [1.54, 1.807) is 0 Å². The number of ether oxygens (including phenoxy) is 1. The Morgan fingerprint density at radius 3 is 2.27 bits per heavy atom. The molecule has 0 saturated carbocycles. The van der Waals surface area contributed by atoms with Gasteiger partial charge in [-0.15, -0.1) is 0 Å². The van der Waals surface area contributed by atoms with Crippen LogP contribution in [0.3, 0.4) is 0 Å². The van der Waals surface area contributed by atoms with Crippen LogP contribution in [-0.2, 0) is 30.1 Å². The topological polar surface area (TPSA) is 61.8 Å². The van der Waals surface area contributed by atoms with Crippen LogP contribution in [0.4, 0.5) is 0 Å². The molecule has 1 aromatic rings. The molecule has 0 radical (unpaired) electrons. The molecule has 26 heavy (non-hydrogen) atoms. The molecule has 0 amide bonds. The van der Waals surface area contributed by atoms with E-state index < -0.39 is 18.4 Å². The summed E-state index contributed by atoms with van der Waals surface area (Å²) in [6.45, 7) is 12.2. The van der Waals surface area contributed by atoms with Crippen LogP contribution in [0, 0.1) is 0 Å². The van der Waals surface area contributed by atoms with Crippen LogP contribution in [0.2, 0.25) is 18.1 Å². The lowest BCUT2D eigenvalue weighted by Gasteiger charge is -2.39. The molecule has 0 spiro atoms. The van der Waals surface area contributed by atoms with Gasteiger partial charge in [-0.25, -0.2) is 0 Å². The second-order valence-corrected chi connectivity index (χ2v) is 14.6. The first kappa shape index (κ1) is 23.3. The fourth-order valence-corrected chi connectivity index (χ4v) is 3.97. The largest absolute Gasteiger partial charge is 0.412 e. The van der Waals surface area contributed by atoms with Gasteiger partial charge in [-0.1, -0.05) is 51.1 Å². The molecule has 7 heteroatoms. The Hall–Kier alpha value is -0.733. The highest BCUT2D eigenvalue weighted by Crippen LogP contribution is 2.37. The molecule has 0 fully saturated rings. The van der Waals surface area contributed by atoms with Gasteiger partial charge in [0.1, 0.15) is 0 Å². The normalized spacial score (nSPS) is 14.4. The average Bonchev–Trinajstić information content (AvgIpc) is 2.50. The van der Waals surface area contributed by atoms with Gasteiger partial charge in [0.15, 0.2) is 8.32 Å². The van der Waals surface area contributed by atoms with E-state index in [0.717, 1.165) is 11.8 Å². The van der Waals surface area contributed by atoms with E-state index in [2.05, 4.69) is 33.9 Å². The zero-order valence-electron chi connectivity index (χ0n) is 16.9. The zero-order chi connectivity index (χ0) is 19.8. The molecule has 0 heterocycles. The van der Waals surface area contributed by atoms with Gasteiger partial charge in [-0.3, -0.25) is 4.18 Å². The van der Waals surface area contributed by atoms with Crippen molar-refractivity contribution in [3.63, 3.8) is 0 Å². The van der Waals surface area contributed by atoms with Gasteiger partial charge in [-0.2, -0.15) is 8.42 Å². The molecule has 0 aliphatic carbocycles. The molecule has 0 aliphatic rings. The van der Waals surface area contributed by atoms with Crippen molar-refractivity contribution in [2.75, 3.05) is 19.5 Å². The SMILES string of the molecule is CC(C)(C)[Si](C)(C)O[C@@H](CCCOS(C)(=O)=O)COCc1ccccc1. The standard InChI is InChI=1S/C19H34O5SSi/c1-19(2,3)26(5,6)24-18(13-10-14-23-25(4,20)21)16-22-15-17-11-8-7-9-12-17/h7-9,11-12,18H,10,13-16H2,1-6H3/t18-/m0/s1. The van der Waals surface area contributed by atoms with Gasteiger partial charge in [0, 0.05) is 0 Å². The second kappa shape index (κ2) is 9.99. The van der Waals surface area contributed by atoms with E-state index in [9.17, 15) is 8.42 Å². The van der Waals surface area contributed by atoms with E-state index in [1.165, 1.54) is 0 Å². The van der Waals surface area contributed by atoms with Crippen molar-refractivity contribution < 1.29 is 21.8 Å². The van der Waals surface area contributed by atoms with Crippen LogP contribution in [-0.4, -0.2) is 42.3 Å². The van der Waals surface area contributed by atoms with Crippen LogP contribution in [0.25, 0.3) is 0 Å². The summed E-state index contributed by atoms with van der Waals surface area (Å²) in [7, 11) is -5.33. The van der Waals surface area contributed by atoms with Crippen molar-refractivity contribution in [3.05, 3.63) is 35.9 Å². The fraction of sp³-hybridized carbons (Fsp3) is 0.684. The Bertz CT molecular complexity index is 623. The summed E-state index contributed by atoms with van der Waals surface area (Å²) >= 11 is 0. The van der Waals surface area contributed by atoms with Crippen molar-refractivity contribution in [1.29, 1.82) is 0 Å². The quantitative estimate of drug-likeness (QED) is 0.313. The second-order valence-electron chi connectivity index (χ2n) is 8.17. The maximum Gasteiger partial charge on any atom is 0.264 e. The van der Waals surface area contributed by atoms with Gasteiger partial charge in [-0.05, 0) is 36.5 Å². The molecule has 0 saturated heterocycles. The molecule has 1 aromatic carbocycles. The Kier molecular flexibility index (Phi) is 8.95. The molecule has 1 rings (SSSR count). The van der Waals surface area contributed by atoms with Crippen LogP contribution < -0.4 is 0 Å². The van der Waals surface area contributed by atoms with Crippen molar-refractivity contribution in [2.45, 2.75) is 64.5 Å². The molecular weight excluding hydrogens is 368 g/mol. The highest BCUT2D eigenvalue weighted by atomic mass is 32.2. The van der Waals surface area contributed by atoms with Gasteiger partial charge < -0.3 is 9.16 Å². The number of benzene rings is 1. The smallest absolute Gasteiger partial charge is 0.264 e. The lowest BCUT2D eigenvalue weighted by atomic mass is 10.2. The third kappa shape index (κ3) is 9.28. The average molecular weight is 403 g/mol. The van der Waals surface area contributed by atoms with Gasteiger partial charge in [0.2, 0.25) is 0 Å². The summed E-state index contributed by atoms with van der Waals surface area (Å²) in [5.74, 6) is 0. The van der Waals surface area contributed by atoms with Crippen LogP contribution in [0.5, 0.6) is 0 Å². The van der Waals surface area contributed by atoms with Crippen LogP contribution >= 0.6 is 0 Å². The van der Waals surface area contributed by atoms with Crippen molar-refractivity contribution in [3.8, 4) is 0 Å². The lowest BCUT2D eigenvalue weighted by molar-refractivity contribution is 0.0282. The van der Waals surface area contributed by atoms with Gasteiger partial charge in [0.05, 0.1) is 32.2 Å². The Labute approximate surface area is 160 Å². The first-order valence-electron chi connectivity index (χ1n) is 9.04.